The highest BCUT2D eigenvalue weighted by Crippen LogP contribution is 2.27. The number of carbonyl (C=O) groups is 2. The first kappa shape index (κ1) is 16.5. The van der Waals surface area contributed by atoms with Crippen molar-refractivity contribution in [1.29, 1.82) is 0 Å². The number of hydrogen-bond acceptors (Lipinski definition) is 2. The zero-order valence-electron chi connectivity index (χ0n) is 12.8. The van der Waals surface area contributed by atoms with Crippen molar-refractivity contribution in [3.05, 3.63) is 35.6 Å². The summed E-state index contributed by atoms with van der Waals surface area (Å²) >= 11 is 0. The van der Waals surface area contributed by atoms with Gasteiger partial charge in [-0.05, 0) is 44.2 Å². The van der Waals surface area contributed by atoms with Gasteiger partial charge in [-0.25, -0.2) is 4.39 Å². The molecule has 1 N–H and O–H groups in total. The van der Waals surface area contributed by atoms with E-state index in [2.05, 4.69) is 0 Å². The fourth-order valence-electron chi connectivity index (χ4n) is 3.09. The van der Waals surface area contributed by atoms with Crippen molar-refractivity contribution < 1.29 is 19.1 Å². The molecule has 0 unspecified atom stereocenters. The number of carboxylic acid groups (broad SMARTS) is 1. The van der Waals surface area contributed by atoms with Crippen LogP contribution in [-0.4, -0.2) is 34.5 Å². The number of carbonyl (C=O) groups excluding carboxylic acids is 1. The summed E-state index contributed by atoms with van der Waals surface area (Å²) in [5.74, 6) is -1.88. The van der Waals surface area contributed by atoms with E-state index in [-0.39, 0.29) is 24.2 Å². The monoisotopic (exact) mass is 307 g/mol. The topological polar surface area (TPSA) is 57.6 Å². The van der Waals surface area contributed by atoms with Crippen LogP contribution in [0.2, 0.25) is 0 Å². The van der Waals surface area contributed by atoms with E-state index in [1.807, 2.05) is 0 Å². The Morgan fingerprint density at radius 2 is 2.09 bits per heavy atom. The van der Waals surface area contributed by atoms with Gasteiger partial charge in [0.15, 0.2) is 0 Å². The predicted molar refractivity (Wildman–Crippen MR) is 81.0 cm³/mol. The molecule has 1 fully saturated rings. The molecule has 2 rings (SSSR count). The Hall–Kier alpha value is -1.91. The Morgan fingerprint density at radius 1 is 1.36 bits per heavy atom. The van der Waals surface area contributed by atoms with Crippen molar-refractivity contribution in [3.63, 3.8) is 0 Å². The van der Waals surface area contributed by atoms with Gasteiger partial charge in [-0.3, -0.25) is 9.59 Å². The highest BCUT2D eigenvalue weighted by atomic mass is 19.1. The maximum Gasteiger partial charge on any atom is 0.303 e. The summed E-state index contributed by atoms with van der Waals surface area (Å²) in [6, 6.07) is 6.27. The highest BCUT2D eigenvalue weighted by Gasteiger charge is 2.31. The van der Waals surface area contributed by atoms with Crippen LogP contribution in [-0.2, 0) is 9.59 Å². The van der Waals surface area contributed by atoms with Crippen molar-refractivity contribution in [3.8, 4) is 0 Å². The second kappa shape index (κ2) is 7.38. The average molecular weight is 307 g/mol. The lowest BCUT2D eigenvalue weighted by atomic mass is 9.93. The van der Waals surface area contributed by atoms with Crippen LogP contribution in [0.15, 0.2) is 24.3 Å². The van der Waals surface area contributed by atoms with Gasteiger partial charge in [-0.15, -0.1) is 0 Å². The third-order valence-corrected chi connectivity index (χ3v) is 4.34. The minimum absolute atomic E-state index is 0.0495. The molecule has 22 heavy (non-hydrogen) atoms. The van der Waals surface area contributed by atoms with E-state index in [1.54, 1.807) is 30.0 Å². The lowest BCUT2D eigenvalue weighted by Gasteiger charge is -2.37. The van der Waals surface area contributed by atoms with E-state index in [4.69, 9.17) is 5.11 Å². The van der Waals surface area contributed by atoms with E-state index in [0.717, 1.165) is 19.3 Å². The molecule has 1 amide bonds. The fourth-order valence-corrected chi connectivity index (χ4v) is 3.09. The lowest BCUT2D eigenvalue weighted by molar-refractivity contribution is -0.140. The molecule has 0 bridgehead atoms. The summed E-state index contributed by atoms with van der Waals surface area (Å²) in [7, 11) is 0. The van der Waals surface area contributed by atoms with Gasteiger partial charge >= 0.3 is 5.97 Å². The molecule has 2 atom stereocenters. The second-order valence-electron chi connectivity index (χ2n) is 5.86. The molecule has 1 aromatic carbocycles. The molecule has 5 heteroatoms. The molecule has 1 aliphatic heterocycles. The van der Waals surface area contributed by atoms with Crippen molar-refractivity contribution in [1.82, 2.24) is 4.90 Å². The number of likely N-dealkylation sites (tertiary alicyclic amines) is 1. The first-order chi connectivity index (χ1) is 10.5. The summed E-state index contributed by atoms with van der Waals surface area (Å²) in [4.78, 5) is 25.2. The van der Waals surface area contributed by atoms with Gasteiger partial charge in [0.2, 0.25) is 5.91 Å². The average Bonchev–Trinajstić information content (AvgIpc) is 2.52. The summed E-state index contributed by atoms with van der Waals surface area (Å²) < 4.78 is 13.9. The molecule has 0 spiro atoms. The molecule has 0 radical (unpaired) electrons. The van der Waals surface area contributed by atoms with Gasteiger partial charge in [-0.2, -0.15) is 0 Å². The normalized spacial score (nSPS) is 19.7. The summed E-state index contributed by atoms with van der Waals surface area (Å²) in [6.07, 6.45) is 3.26. The molecule has 1 saturated heterocycles. The molecule has 120 valence electrons. The van der Waals surface area contributed by atoms with Crippen molar-refractivity contribution in [2.45, 2.75) is 51.0 Å². The third kappa shape index (κ3) is 3.84. The molecule has 1 aliphatic rings. The number of aliphatic carboxylic acids is 1. The van der Waals surface area contributed by atoms with Gasteiger partial charge in [0.25, 0.3) is 0 Å². The van der Waals surface area contributed by atoms with E-state index < -0.39 is 11.9 Å². The van der Waals surface area contributed by atoms with Crippen molar-refractivity contribution in [2.24, 2.45) is 0 Å². The molecule has 4 nitrogen and oxygen atoms in total. The molecule has 0 aliphatic carbocycles. The van der Waals surface area contributed by atoms with Gasteiger partial charge < -0.3 is 10.0 Å². The van der Waals surface area contributed by atoms with Crippen molar-refractivity contribution >= 4 is 11.9 Å². The summed E-state index contributed by atoms with van der Waals surface area (Å²) in [5.41, 5.74) is 0.398. The van der Waals surface area contributed by atoms with E-state index in [0.29, 0.717) is 18.5 Å². The molecule has 0 saturated carbocycles. The number of carboxylic acids is 1. The van der Waals surface area contributed by atoms with E-state index in [1.165, 1.54) is 6.07 Å². The number of nitrogens with zero attached hydrogens (tertiary/aromatic N) is 1. The van der Waals surface area contributed by atoms with E-state index >= 15 is 0 Å². The van der Waals surface area contributed by atoms with Crippen LogP contribution in [0.5, 0.6) is 0 Å². The molecule has 0 aromatic heterocycles. The Labute approximate surface area is 129 Å². The Morgan fingerprint density at radius 3 is 2.77 bits per heavy atom. The zero-order valence-corrected chi connectivity index (χ0v) is 12.8. The van der Waals surface area contributed by atoms with Gasteiger partial charge in [0.1, 0.15) is 5.82 Å². The van der Waals surface area contributed by atoms with Crippen LogP contribution in [0.3, 0.4) is 0 Å². The van der Waals surface area contributed by atoms with E-state index in [9.17, 15) is 14.0 Å². The second-order valence-corrected chi connectivity index (χ2v) is 5.86. The predicted octanol–water partition coefficient (Wildman–Crippen LogP) is 3.18. The van der Waals surface area contributed by atoms with Gasteiger partial charge in [0.05, 0.1) is 5.92 Å². The smallest absolute Gasteiger partial charge is 0.303 e. The zero-order chi connectivity index (χ0) is 16.1. The van der Waals surface area contributed by atoms with Crippen LogP contribution in [0.25, 0.3) is 0 Å². The molecular weight excluding hydrogens is 285 g/mol. The molecule has 1 aromatic rings. The van der Waals surface area contributed by atoms with Crippen LogP contribution >= 0.6 is 0 Å². The first-order valence-corrected chi connectivity index (χ1v) is 7.77. The van der Waals surface area contributed by atoms with Gasteiger partial charge in [0, 0.05) is 19.0 Å². The quantitative estimate of drug-likeness (QED) is 0.909. The third-order valence-electron chi connectivity index (χ3n) is 4.34. The maximum absolute atomic E-state index is 13.9. The van der Waals surface area contributed by atoms with Crippen LogP contribution in [0, 0.1) is 5.82 Å². The minimum Gasteiger partial charge on any atom is -0.481 e. The minimum atomic E-state index is -0.847. The van der Waals surface area contributed by atoms with Crippen LogP contribution < -0.4 is 0 Å². The number of rotatable bonds is 5. The number of halogens is 1. The first-order valence-electron chi connectivity index (χ1n) is 7.77. The summed E-state index contributed by atoms with van der Waals surface area (Å²) in [5, 5.41) is 8.84. The Bertz CT molecular complexity index is 546. The largest absolute Gasteiger partial charge is 0.481 e. The molecule has 1 heterocycles. The number of hydrogen-bond donors (Lipinski definition) is 1. The van der Waals surface area contributed by atoms with Crippen LogP contribution in [0.1, 0.15) is 50.5 Å². The fraction of sp³-hybridized carbons (Fsp3) is 0.529. The summed E-state index contributed by atoms with van der Waals surface area (Å²) in [6.45, 7) is 2.34. The SMILES string of the molecule is C[C@@H](C(=O)N1CCCC[C@@H]1CCC(=O)O)c1ccccc1F. The highest BCUT2D eigenvalue weighted by molar-refractivity contribution is 5.83. The molecular formula is C17H22FNO3. The number of piperidine rings is 1. The van der Waals surface area contributed by atoms with Gasteiger partial charge in [-0.1, -0.05) is 18.2 Å². The van der Waals surface area contributed by atoms with Crippen LogP contribution in [0.4, 0.5) is 4.39 Å². The number of benzene rings is 1. The van der Waals surface area contributed by atoms with Crippen molar-refractivity contribution in [2.75, 3.05) is 6.54 Å². The lowest BCUT2D eigenvalue weighted by Crippen LogP contribution is -2.45. The Kier molecular flexibility index (Phi) is 5.52. The maximum atomic E-state index is 13.9. The number of amides is 1. The Balaban J connectivity index is 2.11. The standard InChI is InChI=1S/C17H22FNO3/c1-12(14-7-2-3-8-15(14)18)17(22)19-11-5-4-6-13(19)9-10-16(20)21/h2-3,7-8,12-13H,4-6,9-11H2,1H3,(H,20,21)/t12-,13-/m1/s1.